The second kappa shape index (κ2) is 4.55. The lowest BCUT2D eigenvalue weighted by molar-refractivity contribution is 1.15. The standard InChI is InChI=1S/C12H9Br2NO/c1-7-9(13)12(16)10(14)11(15-7)8-5-3-2-4-6-8/h2-6H,1H3,(H,15,16). The van der Waals surface area contributed by atoms with E-state index in [2.05, 4.69) is 36.8 Å². The van der Waals surface area contributed by atoms with Crippen molar-refractivity contribution in [1.82, 2.24) is 4.98 Å². The van der Waals surface area contributed by atoms with Crippen LogP contribution < -0.4 is 5.43 Å². The summed E-state index contributed by atoms with van der Waals surface area (Å²) in [4.78, 5) is 15.1. The van der Waals surface area contributed by atoms with Crippen LogP contribution in [-0.4, -0.2) is 4.98 Å². The normalized spacial score (nSPS) is 10.4. The Morgan fingerprint density at radius 3 is 2.31 bits per heavy atom. The molecule has 0 saturated carbocycles. The SMILES string of the molecule is Cc1[nH]c(-c2ccccc2)c(Br)c(=O)c1Br. The highest BCUT2D eigenvalue weighted by atomic mass is 79.9. The van der Waals surface area contributed by atoms with Crippen LogP contribution in [0.5, 0.6) is 0 Å². The summed E-state index contributed by atoms with van der Waals surface area (Å²) in [6, 6.07) is 9.75. The highest BCUT2D eigenvalue weighted by Gasteiger charge is 2.11. The number of benzene rings is 1. The Labute approximate surface area is 110 Å². The van der Waals surface area contributed by atoms with Gasteiger partial charge in [-0.05, 0) is 44.3 Å². The van der Waals surface area contributed by atoms with Crippen molar-refractivity contribution >= 4 is 31.9 Å². The predicted octanol–water partition coefficient (Wildman–Crippen LogP) is 3.88. The molecule has 0 bridgehead atoms. The Balaban J connectivity index is 2.73. The fraction of sp³-hybridized carbons (Fsp3) is 0.0833. The van der Waals surface area contributed by atoms with Gasteiger partial charge < -0.3 is 4.98 Å². The molecule has 0 radical (unpaired) electrons. The molecule has 0 atom stereocenters. The molecule has 2 nitrogen and oxygen atoms in total. The first-order valence-corrected chi connectivity index (χ1v) is 6.33. The number of hydrogen-bond donors (Lipinski definition) is 1. The number of aryl methyl sites for hydroxylation is 1. The zero-order valence-corrected chi connectivity index (χ0v) is 11.7. The summed E-state index contributed by atoms with van der Waals surface area (Å²) in [5, 5.41) is 0. The highest BCUT2D eigenvalue weighted by Crippen LogP contribution is 2.25. The summed E-state index contributed by atoms with van der Waals surface area (Å²) in [6.07, 6.45) is 0. The third kappa shape index (κ3) is 1.99. The maximum atomic E-state index is 11.9. The van der Waals surface area contributed by atoms with E-state index in [0.717, 1.165) is 17.0 Å². The molecule has 0 saturated heterocycles. The summed E-state index contributed by atoms with van der Waals surface area (Å²) >= 11 is 6.59. The Hall–Kier alpha value is -0.870. The number of halogens is 2. The smallest absolute Gasteiger partial charge is 0.210 e. The van der Waals surface area contributed by atoms with Crippen LogP contribution in [0.1, 0.15) is 5.69 Å². The van der Waals surface area contributed by atoms with Crippen LogP contribution >= 0.6 is 31.9 Å². The minimum atomic E-state index is -0.0323. The van der Waals surface area contributed by atoms with Gasteiger partial charge in [0.2, 0.25) is 5.43 Å². The number of aromatic nitrogens is 1. The van der Waals surface area contributed by atoms with E-state index in [1.54, 1.807) is 0 Å². The van der Waals surface area contributed by atoms with Crippen LogP contribution in [0.3, 0.4) is 0 Å². The first kappa shape index (κ1) is 11.6. The van der Waals surface area contributed by atoms with Gasteiger partial charge in [-0.1, -0.05) is 30.3 Å². The van der Waals surface area contributed by atoms with Gasteiger partial charge in [0.25, 0.3) is 0 Å². The van der Waals surface area contributed by atoms with E-state index in [1.165, 1.54) is 0 Å². The minimum Gasteiger partial charge on any atom is -0.357 e. The van der Waals surface area contributed by atoms with E-state index in [0.29, 0.717) is 8.95 Å². The van der Waals surface area contributed by atoms with Crippen molar-refractivity contribution < 1.29 is 0 Å². The highest BCUT2D eigenvalue weighted by molar-refractivity contribution is 9.11. The molecule has 0 aliphatic rings. The molecule has 2 rings (SSSR count). The van der Waals surface area contributed by atoms with Crippen LogP contribution in [-0.2, 0) is 0 Å². The lowest BCUT2D eigenvalue weighted by Gasteiger charge is -2.07. The van der Waals surface area contributed by atoms with Crippen molar-refractivity contribution in [2.75, 3.05) is 0 Å². The molecular formula is C12H9Br2NO. The molecule has 82 valence electrons. The van der Waals surface area contributed by atoms with Crippen LogP contribution in [0.4, 0.5) is 0 Å². The van der Waals surface area contributed by atoms with Crippen molar-refractivity contribution in [3.63, 3.8) is 0 Å². The molecular weight excluding hydrogens is 334 g/mol. The van der Waals surface area contributed by atoms with E-state index in [9.17, 15) is 4.79 Å². The van der Waals surface area contributed by atoms with Gasteiger partial charge in [-0.15, -0.1) is 0 Å². The third-order valence-electron chi connectivity index (χ3n) is 2.32. The average Bonchev–Trinajstić information content (AvgIpc) is 2.32. The van der Waals surface area contributed by atoms with Crippen LogP contribution in [0.25, 0.3) is 11.3 Å². The number of pyridine rings is 1. The number of rotatable bonds is 1. The fourth-order valence-corrected chi connectivity index (χ4v) is 2.57. The second-order valence-corrected chi connectivity index (χ2v) is 5.03. The van der Waals surface area contributed by atoms with Gasteiger partial charge in [0.15, 0.2) is 0 Å². The van der Waals surface area contributed by atoms with E-state index >= 15 is 0 Å². The minimum absolute atomic E-state index is 0.0323. The molecule has 1 aromatic carbocycles. The molecule has 2 aromatic rings. The average molecular weight is 343 g/mol. The van der Waals surface area contributed by atoms with Crippen LogP contribution in [0.15, 0.2) is 44.1 Å². The molecule has 16 heavy (non-hydrogen) atoms. The molecule has 0 fully saturated rings. The Bertz CT molecular complexity index is 576. The first-order chi connectivity index (χ1) is 7.61. The number of H-pyrrole nitrogens is 1. The maximum Gasteiger partial charge on any atom is 0.210 e. The lowest BCUT2D eigenvalue weighted by atomic mass is 10.1. The molecule has 0 spiro atoms. The summed E-state index contributed by atoms with van der Waals surface area (Å²) in [7, 11) is 0. The van der Waals surface area contributed by atoms with Gasteiger partial charge in [0.05, 0.1) is 14.6 Å². The molecule has 1 N–H and O–H groups in total. The first-order valence-electron chi connectivity index (χ1n) is 4.74. The van der Waals surface area contributed by atoms with Crippen molar-refractivity contribution in [1.29, 1.82) is 0 Å². The third-order valence-corrected chi connectivity index (χ3v) is 4.03. The Morgan fingerprint density at radius 2 is 1.69 bits per heavy atom. The van der Waals surface area contributed by atoms with Gasteiger partial charge in [-0.25, -0.2) is 0 Å². The quantitative estimate of drug-likeness (QED) is 0.838. The Kier molecular flexibility index (Phi) is 3.30. The Morgan fingerprint density at radius 1 is 1.06 bits per heavy atom. The van der Waals surface area contributed by atoms with Gasteiger partial charge in [0.1, 0.15) is 0 Å². The van der Waals surface area contributed by atoms with Crippen molar-refractivity contribution in [2.45, 2.75) is 6.92 Å². The number of aromatic amines is 1. The maximum absolute atomic E-state index is 11.9. The summed E-state index contributed by atoms with van der Waals surface area (Å²) in [5.74, 6) is 0. The van der Waals surface area contributed by atoms with Crippen molar-refractivity contribution in [3.8, 4) is 11.3 Å². The molecule has 0 unspecified atom stereocenters. The molecule has 0 aliphatic carbocycles. The molecule has 1 heterocycles. The van der Waals surface area contributed by atoms with Gasteiger partial charge >= 0.3 is 0 Å². The molecule has 0 amide bonds. The molecule has 1 aromatic heterocycles. The second-order valence-electron chi connectivity index (χ2n) is 3.45. The largest absolute Gasteiger partial charge is 0.357 e. The molecule has 0 aliphatic heterocycles. The summed E-state index contributed by atoms with van der Waals surface area (Å²) in [6.45, 7) is 1.87. The monoisotopic (exact) mass is 341 g/mol. The van der Waals surface area contributed by atoms with Crippen molar-refractivity contribution in [2.24, 2.45) is 0 Å². The predicted molar refractivity (Wildman–Crippen MR) is 72.6 cm³/mol. The van der Waals surface area contributed by atoms with Gasteiger partial charge in [-0.3, -0.25) is 4.79 Å². The zero-order chi connectivity index (χ0) is 11.7. The van der Waals surface area contributed by atoms with Crippen molar-refractivity contribution in [3.05, 3.63) is 55.2 Å². The lowest BCUT2D eigenvalue weighted by Crippen LogP contribution is -2.08. The van der Waals surface area contributed by atoms with E-state index < -0.39 is 0 Å². The van der Waals surface area contributed by atoms with Crippen LogP contribution in [0.2, 0.25) is 0 Å². The number of hydrogen-bond acceptors (Lipinski definition) is 1. The zero-order valence-electron chi connectivity index (χ0n) is 8.55. The van der Waals surface area contributed by atoms with Gasteiger partial charge in [0, 0.05) is 5.69 Å². The van der Waals surface area contributed by atoms with Gasteiger partial charge in [-0.2, -0.15) is 0 Å². The van der Waals surface area contributed by atoms with Crippen LogP contribution in [0, 0.1) is 6.92 Å². The van der Waals surface area contributed by atoms with E-state index in [1.807, 2.05) is 37.3 Å². The summed E-state index contributed by atoms with van der Waals surface area (Å²) in [5.41, 5.74) is 2.59. The van der Waals surface area contributed by atoms with E-state index in [-0.39, 0.29) is 5.43 Å². The number of nitrogens with one attached hydrogen (secondary N) is 1. The fourth-order valence-electron chi connectivity index (χ4n) is 1.48. The summed E-state index contributed by atoms with van der Waals surface area (Å²) < 4.78 is 1.12. The topological polar surface area (TPSA) is 32.9 Å². The van der Waals surface area contributed by atoms with E-state index in [4.69, 9.17) is 0 Å². The molecule has 4 heteroatoms.